The Morgan fingerprint density at radius 3 is 2.72 bits per heavy atom. The molecule has 134 valence electrons. The molecule has 4 rings (SSSR count). The fourth-order valence-corrected chi connectivity index (χ4v) is 4.53. The number of para-hydroxylation sites is 1. The first-order valence-corrected chi connectivity index (χ1v) is 9.65. The van der Waals surface area contributed by atoms with Gasteiger partial charge in [-0.2, -0.15) is 0 Å². The van der Waals surface area contributed by atoms with Gasteiger partial charge in [-0.05, 0) is 65.6 Å². The molecule has 0 bridgehead atoms. The summed E-state index contributed by atoms with van der Waals surface area (Å²) in [5.74, 6) is 8.19. The van der Waals surface area contributed by atoms with E-state index in [0.717, 1.165) is 25.1 Å². The molecule has 3 heterocycles. The second-order valence-electron chi connectivity index (χ2n) is 8.44. The molecule has 2 fully saturated rings. The Morgan fingerprint density at radius 1 is 1.16 bits per heavy atom. The second-order valence-corrected chi connectivity index (χ2v) is 8.44. The van der Waals surface area contributed by atoms with E-state index in [1.807, 2.05) is 6.07 Å². The summed E-state index contributed by atoms with van der Waals surface area (Å²) in [6, 6.07) is 8.31. The number of hydrogen-bond acceptors (Lipinski definition) is 3. The highest BCUT2D eigenvalue weighted by molar-refractivity contribution is 5.39. The van der Waals surface area contributed by atoms with Crippen molar-refractivity contribution < 1.29 is 9.47 Å². The highest BCUT2D eigenvalue weighted by Gasteiger charge is 2.49. The number of hydrogen-bond donors (Lipinski definition) is 0. The van der Waals surface area contributed by atoms with Gasteiger partial charge < -0.3 is 9.47 Å². The SMILES string of the molecule is CC1(C#CCN2CCCC2)CCC2C(O1)c1ccccc1OC2(C)C. The van der Waals surface area contributed by atoms with E-state index in [2.05, 4.69) is 55.7 Å². The Bertz CT molecular complexity index is 695. The molecule has 2 saturated heterocycles. The average molecular weight is 339 g/mol. The Hall–Kier alpha value is -1.50. The summed E-state index contributed by atoms with van der Waals surface area (Å²) in [7, 11) is 0. The number of nitrogens with zero attached hydrogens (tertiary/aromatic N) is 1. The fraction of sp³-hybridized carbons (Fsp3) is 0.636. The van der Waals surface area contributed by atoms with Gasteiger partial charge in [0.25, 0.3) is 0 Å². The number of benzene rings is 1. The van der Waals surface area contributed by atoms with Crippen LogP contribution in [0.25, 0.3) is 0 Å². The van der Waals surface area contributed by atoms with Crippen LogP contribution in [0.4, 0.5) is 0 Å². The summed E-state index contributed by atoms with van der Waals surface area (Å²) >= 11 is 0. The van der Waals surface area contributed by atoms with Crippen LogP contribution in [0.5, 0.6) is 5.75 Å². The number of likely N-dealkylation sites (tertiary alicyclic amines) is 1. The first kappa shape index (κ1) is 16.9. The van der Waals surface area contributed by atoms with Crippen molar-refractivity contribution in [1.29, 1.82) is 0 Å². The molecule has 1 aromatic carbocycles. The summed E-state index contributed by atoms with van der Waals surface area (Å²) in [5, 5.41) is 0. The van der Waals surface area contributed by atoms with Crippen molar-refractivity contribution >= 4 is 0 Å². The van der Waals surface area contributed by atoms with Crippen LogP contribution in [-0.2, 0) is 4.74 Å². The Kier molecular flexibility index (Phi) is 4.30. The van der Waals surface area contributed by atoms with Gasteiger partial charge in [0.05, 0.1) is 12.6 Å². The van der Waals surface area contributed by atoms with Gasteiger partial charge in [-0.3, -0.25) is 4.90 Å². The van der Waals surface area contributed by atoms with Gasteiger partial charge in [0.15, 0.2) is 0 Å². The van der Waals surface area contributed by atoms with E-state index in [4.69, 9.17) is 9.47 Å². The highest BCUT2D eigenvalue weighted by atomic mass is 16.5. The molecule has 3 aliphatic heterocycles. The third kappa shape index (κ3) is 3.30. The van der Waals surface area contributed by atoms with Gasteiger partial charge in [0.1, 0.15) is 17.0 Å². The molecule has 3 heteroatoms. The van der Waals surface area contributed by atoms with Crippen LogP contribution >= 0.6 is 0 Å². The summed E-state index contributed by atoms with van der Waals surface area (Å²) in [5.41, 5.74) is 0.615. The van der Waals surface area contributed by atoms with E-state index in [-0.39, 0.29) is 17.3 Å². The molecule has 3 aliphatic rings. The maximum absolute atomic E-state index is 6.63. The molecule has 0 aromatic heterocycles. The largest absolute Gasteiger partial charge is 0.487 e. The zero-order valence-corrected chi connectivity index (χ0v) is 15.7. The molecule has 0 radical (unpaired) electrons. The molecule has 3 unspecified atom stereocenters. The molecule has 0 spiro atoms. The van der Waals surface area contributed by atoms with Gasteiger partial charge in [0.2, 0.25) is 0 Å². The van der Waals surface area contributed by atoms with Crippen molar-refractivity contribution in [1.82, 2.24) is 4.90 Å². The molecule has 0 amide bonds. The number of ether oxygens (including phenoxy) is 2. The molecule has 3 atom stereocenters. The molecule has 1 aromatic rings. The minimum absolute atomic E-state index is 0.0692. The lowest BCUT2D eigenvalue weighted by atomic mass is 9.73. The van der Waals surface area contributed by atoms with Gasteiger partial charge in [-0.15, -0.1) is 0 Å². The zero-order valence-electron chi connectivity index (χ0n) is 15.7. The van der Waals surface area contributed by atoms with E-state index in [1.54, 1.807) is 0 Å². The smallest absolute Gasteiger partial charge is 0.126 e. The van der Waals surface area contributed by atoms with E-state index in [9.17, 15) is 0 Å². The minimum atomic E-state index is -0.360. The first-order valence-electron chi connectivity index (χ1n) is 9.65. The number of fused-ring (bicyclic) bond motifs is 3. The monoisotopic (exact) mass is 339 g/mol. The van der Waals surface area contributed by atoms with E-state index in [1.165, 1.54) is 31.5 Å². The molecular weight excluding hydrogens is 310 g/mol. The summed E-state index contributed by atoms with van der Waals surface area (Å²) < 4.78 is 12.9. The van der Waals surface area contributed by atoms with Crippen LogP contribution in [0, 0.1) is 17.8 Å². The fourth-order valence-electron chi connectivity index (χ4n) is 4.53. The van der Waals surface area contributed by atoms with Crippen LogP contribution in [-0.4, -0.2) is 35.7 Å². The molecule has 25 heavy (non-hydrogen) atoms. The Labute approximate surface area is 151 Å². The van der Waals surface area contributed by atoms with Crippen molar-refractivity contribution in [3.05, 3.63) is 29.8 Å². The van der Waals surface area contributed by atoms with Crippen molar-refractivity contribution in [2.75, 3.05) is 19.6 Å². The van der Waals surface area contributed by atoms with Crippen LogP contribution in [0.2, 0.25) is 0 Å². The summed E-state index contributed by atoms with van der Waals surface area (Å²) in [6.07, 6.45) is 4.74. The van der Waals surface area contributed by atoms with Gasteiger partial charge >= 0.3 is 0 Å². The lowest BCUT2D eigenvalue weighted by molar-refractivity contribution is -0.169. The topological polar surface area (TPSA) is 21.7 Å². The third-order valence-electron chi connectivity index (χ3n) is 6.03. The quantitative estimate of drug-likeness (QED) is 0.716. The predicted molar refractivity (Wildman–Crippen MR) is 99.6 cm³/mol. The summed E-state index contributed by atoms with van der Waals surface area (Å²) in [4.78, 5) is 2.44. The van der Waals surface area contributed by atoms with E-state index >= 15 is 0 Å². The van der Waals surface area contributed by atoms with Crippen molar-refractivity contribution in [3.63, 3.8) is 0 Å². The molecule has 3 nitrogen and oxygen atoms in total. The van der Waals surface area contributed by atoms with Crippen molar-refractivity contribution in [2.24, 2.45) is 5.92 Å². The summed E-state index contributed by atoms with van der Waals surface area (Å²) in [6.45, 7) is 9.78. The van der Waals surface area contributed by atoms with Gasteiger partial charge in [-0.1, -0.05) is 30.0 Å². The van der Waals surface area contributed by atoms with Crippen LogP contribution in [0.15, 0.2) is 24.3 Å². The van der Waals surface area contributed by atoms with Crippen LogP contribution in [0.1, 0.15) is 58.1 Å². The standard InChI is InChI=1S/C22H29NO2/c1-21(2)18-11-13-22(3,12-8-16-23-14-6-7-15-23)25-20(18)17-9-4-5-10-19(17)24-21/h4-5,9-10,18,20H,6-7,11,13-16H2,1-3H3. The van der Waals surface area contributed by atoms with Crippen LogP contribution < -0.4 is 4.74 Å². The van der Waals surface area contributed by atoms with Gasteiger partial charge in [0, 0.05) is 11.5 Å². The zero-order chi connectivity index (χ0) is 17.5. The van der Waals surface area contributed by atoms with Crippen LogP contribution in [0.3, 0.4) is 0 Å². The molecule has 0 N–H and O–H groups in total. The average Bonchev–Trinajstić information content (AvgIpc) is 3.07. The van der Waals surface area contributed by atoms with Crippen molar-refractivity contribution in [2.45, 2.75) is 63.8 Å². The maximum Gasteiger partial charge on any atom is 0.126 e. The highest BCUT2D eigenvalue weighted by Crippen LogP contribution is 2.52. The Balaban J connectivity index is 1.55. The maximum atomic E-state index is 6.63. The lowest BCUT2D eigenvalue weighted by Crippen LogP contribution is -2.50. The Morgan fingerprint density at radius 2 is 1.92 bits per heavy atom. The first-order chi connectivity index (χ1) is 12.0. The van der Waals surface area contributed by atoms with Gasteiger partial charge in [-0.25, -0.2) is 0 Å². The predicted octanol–water partition coefficient (Wildman–Crippen LogP) is 4.18. The normalized spacial score (nSPS) is 33.6. The van der Waals surface area contributed by atoms with Crippen molar-refractivity contribution in [3.8, 4) is 17.6 Å². The number of rotatable bonds is 1. The molecular formula is C22H29NO2. The second kappa shape index (κ2) is 6.34. The third-order valence-corrected chi connectivity index (χ3v) is 6.03. The van der Waals surface area contributed by atoms with E-state index in [0.29, 0.717) is 5.92 Å². The molecule has 0 aliphatic carbocycles. The minimum Gasteiger partial charge on any atom is -0.487 e. The lowest BCUT2D eigenvalue weighted by Gasteiger charge is -2.50. The van der Waals surface area contributed by atoms with E-state index < -0.39 is 0 Å². The molecule has 0 saturated carbocycles.